The van der Waals surface area contributed by atoms with Crippen molar-refractivity contribution in [2.45, 2.75) is 12.7 Å². The van der Waals surface area contributed by atoms with E-state index in [0.717, 1.165) is 11.0 Å². The Labute approximate surface area is 166 Å². The highest BCUT2D eigenvalue weighted by Crippen LogP contribution is 2.32. The Kier molecular flexibility index (Phi) is 7.08. The van der Waals surface area contributed by atoms with Gasteiger partial charge in [-0.15, -0.1) is 0 Å². The summed E-state index contributed by atoms with van der Waals surface area (Å²) in [6.45, 7) is -0.599. The number of amides is 2. The zero-order valence-corrected chi connectivity index (χ0v) is 16.2. The SMILES string of the molecule is COc1ccc(C(=O)NCC(=O)N(C)Cc2ccccc2C(F)(F)F)cc1OC. The number of nitrogens with zero attached hydrogens (tertiary/aromatic N) is 1. The Morgan fingerprint density at radius 3 is 2.31 bits per heavy atom. The molecule has 2 amide bonds. The number of halogens is 3. The highest BCUT2D eigenvalue weighted by Gasteiger charge is 2.33. The fraction of sp³-hybridized carbons (Fsp3) is 0.300. The summed E-state index contributed by atoms with van der Waals surface area (Å²) in [5.74, 6) is -0.255. The predicted octanol–water partition coefficient (Wildman–Crippen LogP) is 3.11. The van der Waals surface area contributed by atoms with Crippen LogP contribution in [0.3, 0.4) is 0 Å². The van der Waals surface area contributed by atoms with Crippen molar-refractivity contribution in [2.24, 2.45) is 0 Å². The van der Waals surface area contributed by atoms with Gasteiger partial charge in [-0.1, -0.05) is 18.2 Å². The van der Waals surface area contributed by atoms with E-state index >= 15 is 0 Å². The number of carbonyl (C=O) groups excluding carboxylic acids is 2. The number of likely N-dealkylation sites (N-methyl/N-ethyl adjacent to an activating group) is 1. The number of benzene rings is 2. The first-order valence-electron chi connectivity index (χ1n) is 8.56. The van der Waals surface area contributed by atoms with Crippen LogP contribution < -0.4 is 14.8 Å². The largest absolute Gasteiger partial charge is 0.493 e. The molecule has 29 heavy (non-hydrogen) atoms. The van der Waals surface area contributed by atoms with Crippen molar-refractivity contribution in [3.63, 3.8) is 0 Å². The molecular weight excluding hydrogens is 389 g/mol. The molecule has 0 spiro atoms. The highest BCUT2D eigenvalue weighted by atomic mass is 19.4. The predicted molar refractivity (Wildman–Crippen MR) is 99.8 cm³/mol. The normalized spacial score (nSPS) is 11.0. The topological polar surface area (TPSA) is 67.9 Å². The fourth-order valence-electron chi connectivity index (χ4n) is 2.65. The maximum atomic E-state index is 13.1. The van der Waals surface area contributed by atoms with Gasteiger partial charge in [-0.05, 0) is 29.8 Å². The molecule has 6 nitrogen and oxygen atoms in total. The Morgan fingerprint density at radius 2 is 1.69 bits per heavy atom. The number of nitrogens with one attached hydrogen (secondary N) is 1. The van der Waals surface area contributed by atoms with Crippen LogP contribution in [0.2, 0.25) is 0 Å². The van der Waals surface area contributed by atoms with Gasteiger partial charge in [0.15, 0.2) is 11.5 Å². The Hall–Kier alpha value is -3.23. The molecule has 1 N–H and O–H groups in total. The van der Waals surface area contributed by atoms with Crippen LogP contribution in [-0.2, 0) is 17.5 Å². The lowest BCUT2D eigenvalue weighted by atomic mass is 10.1. The van der Waals surface area contributed by atoms with Crippen LogP contribution in [0.15, 0.2) is 42.5 Å². The maximum Gasteiger partial charge on any atom is 0.416 e. The molecule has 2 aromatic carbocycles. The van der Waals surface area contributed by atoms with E-state index < -0.39 is 23.6 Å². The van der Waals surface area contributed by atoms with Gasteiger partial charge in [0.2, 0.25) is 5.91 Å². The van der Waals surface area contributed by atoms with Gasteiger partial charge in [-0.3, -0.25) is 9.59 Å². The summed E-state index contributed by atoms with van der Waals surface area (Å²) in [6.07, 6.45) is -4.51. The van der Waals surface area contributed by atoms with E-state index in [-0.39, 0.29) is 24.2 Å². The zero-order chi connectivity index (χ0) is 21.6. The van der Waals surface area contributed by atoms with Gasteiger partial charge >= 0.3 is 6.18 Å². The van der Waals surface area contributed by atoms with E-state index in [1.165, 1.54) is 51.6 Å². The third kappa shape index (κ3) is 5.63. The van der Waals surface area contributed by atoms with Gasteiger partial charge in [0.1, 0.15) is 0 Å². The first kappa shape index (κ1) is 22.1. The molecule has 0 saturated carbocycles. The van der Waals surface area contributed by atoms with Crippen molar-refractivity contribution in [2.75, 3.05) is 27.8 Å². The summed E-state index contributed by atoms with van der Waals surface area (Å²) >= 11 is 0. The lowest BCUT2D eigenvalue weighted by Gasteiger charge is -2.20. The molecular formula is C20H21F3N2O4. The standard InChI is InChI=1S/C20H21F3N2O4/c1-25(12-14-6-4-5-7-15(14)20(21,22)23)18(26)11-24-19(27)13-8-9-16(28-2)17(10-13)29-3/h4-10H,11-12H2,1-3H3,(H,24,27). The molecule has 0 atom stereocenters. The Balaban J connectivity index is 2.00. The van der Waals surface area contributed by atoms with Crippen LogP contribution in [0.25, 0.3) is 0 Å². The second-order valence-corrected chi connectivity index (χ2v) is 6.16. The van der Waals surface area contributed by atoms with Crippen LogP contribution >= 0.6 is 0 Å². The van der Waals surface area contributed by atoms with Crippen LogP contribution in [0.4, 0.5) is 13.2 Å². The molecule has 0 radical (unpaired) electrons. The first-order valence-corrected chi connectivity index (χ1v) is 8.56. The minimum Gasteiger partial charge on any atom is -0.493 e. The van der Waals surface area contributed by atoms with E-state index in [1.54, 1.807) is 6.07 Å². The van der Waals surface area contributed by atoms with E-state index in [0.29, 0.717) is 11.5 Å². The van der Waals surface area contributed by atoms with Gasteiger partial charge in [0, 0.05) is 19.2 Å². The van der Waals surface area contributed by atoms with Crippen molar-refractivity contribution in [1.29, 1.82) is 0 Å². The summed E-state index contributed by atoms with van der Waals surface area (Å²) in [5, 5.41) is 2.45. The van der Waals surface area contributed by atoms with Crippen molar-refractivity contribution in [3.8, 4) is 11.5 Å². The molecule has 0 heterocycles. The van der Waals surface area contributed by atoms with Gasteiger partial charge in [-0.2, -0.15) is 13.2 Å². The number of methoxy groups -OCH3 is 2. The van der Waals surface area contributed by atoms with Crippen molar-refractivity contribution in [1.82, 2.24) is 10.2 Å². The highest BCUT2D eigenvalue weighted by molar-refractivity contribution is 5.97. The summed E-state index contributed by atoms with van der Waals surface area (Å²) in [5.41, 5.74) is -0.573. The molecule has 0 aliphatic carbocycles. The average Bonchev–Trinajstić information content (AvgIpc) is 2.70. The Morgan fingerprint density at radius 1 is 1.03 bits per heavy atom. The molecule has 2 aromatic rings. The number of rotatable bonds is 7. The van der Waals surface area contributed by atoms with E-state index in [2.05, 4.69) is 5.32 Å². The second kappa shape index (κ2) is 9.31. The number of hydrogen-bond acceptors (Lipinski definition) is 4. The van der Waals surface area contributed by atoms with Crippen molar-refractivity contribution in [3.05, 3.63) is 59.2 Å². The molecule has 0 saturated heterocycles. The minimum atomic E-state index is -4.51. The molecule has 156 valence electrons. The van der Waals surface area contributed by atoms with Gasteiger partial charge < -0.3 is 19.7 Å². The average molecular weight is 410 g/mol. The van der Waals surface area contributed by atoms with E-state index in [1.807, 2.05) is 0 Å². The summed E-state index contributed by atoms with van der Waals surface area (Å²) in [4.78, 5) is 25.6. The van der Waals surface area contributed by atoms with Crippen LogP contribution in [0, 0.1) is 0 Å². The summed E-state index contributed by atoms with van der Waals surface area (Å²) in [7, 11) is 4.26. The summed E-state index contributed by atoms with van der Waals surface area (Å²) in [6, 6.07) is 9.56. The molecule has 0 bridgehead atoms. The van der Waals surface area contributed by atoms with Crippen LogP contribution in [0.1, 0.15) is 21.5 Å². The van der Waals surface area contributed by atoms with E-state index in [4.69, 9.17) is 9.47 Å². The molecule has 0 aliphatic heterocycles. The third-order valence-electron chi connectivity index (χ3n) is 4.20. The quantitative estimate of drug-likeness (QED) is 0.762. The molecule has 2 rings (SSSR count). The minimum absolute atomic E-state index is 0.0259. The smallest absolute Gasteiger partial charge is 0.416 e. The molecule has 0 unspecified atom stereocenters. The van der Waals surface area contributed by atoms with Gasteiger partial charge in [0.25, 0.3) is 5.91 Å². The third-order valence-corrected chi connectivity index (χ3v) is 4.20. The fourth-order valence-corrected chi connectivity index (χ4v) is 2.65. The van der Waals surface area contributed by atoms with Crippen molar-refractivity contribution < 1.29 is 32.2 Å². The zero-order valence-electron chi connectivity index (χ0n) is 16.2. The first-order chi connectivity index (χ1) is 13.7. The number of alkyl halides is 3. The van der Waals surface area contributed by atoms with Crippen LogP contribution in [0.5, 0.6) is 11.5 Å². The monoisotopic (exact) mass is 410 g/mol. The molecule has 9 heteroatoms. The van der Waals surface area contributed by atoms with Crippen LogP contribution in [-0.4, -0.2) is 44.5 Å². The molecule has 0 aromatic heterocycles. The Bertz CT molecular complexity index is 884. The lowest BCUT2D eigenvalue weighted by Crippen LogP contribution is -2.38. The number of carbonyl (C=O) groups is 2. The van der Waals surface area contributed by atoms with Gasteiger partial charge in [-0.25, -0.2) is 0 Å². The number of ether oxygens (including phenoxy) is 2. The molecule has 0 fully saturated rings. The van der Waals surface area contributed by atoms with E-state index in [9.17, 15) is 22.8 Å². The summed E-state index contributed by atoms with van der Waals surface area (Å²) < 4.78 is 49.5. The number of hydrogen-bond donors (Lipinski definition) is 1. The lowest BCUT2D eigenvalue weighted by molar-refractivity contribution is -0.139. The maximum absolute atomic E-state index is 13.1. The second-order valence-electron chi connectivity index (χ2n) is 6.16. The van der Waals surface area contributed by atoms with Gasteiger partial charge in [0.05, 0.1) is 26.3 Å². The molecule has 0 aliphatic rings. The van der Waals surface area contributed by atoms with Crippen molar-refractivity contribution >= 4 is 11.8 Å².